The molecule has 0 spiro atoms. The van der Waals surface area contributed by atoms with Crippen LogP contribution in [0.4, 0.5) is 0 Å². The number of hydrogen-bond acceptors (Lipinski definition) is 1. The van der Waals surface area contributed by atoms with Crippen LogP contribution in [0.5, 0.6) is 0 Å². The second-order valence-electron chi connectivity index (χ2n) is 3.42. The van der Waals surface area contributed by atoms with Gasteiger partial charge in [0.1, 0.15) is 0 Å². The van der Waals surface area contributed by atoms with Gasteiger partial charge in [-0.05, 0) is 29.7 Å². The molecule has 0 saturated carbocycles. The van der Waals surface area contributed by atoms with Gasteiger partial charge in [0, 0.05) is 4.90 Å². The molecule has 0 N–H and O–H groups in total. The Labute approximate surface area is 103 Å². The standard InChI is InChI=1S/C15H16S/c1-4-8-12(3)13(9-5-2)14-10-6-7-11-15(14)16/h4-11,16H,1-2H2,3H3/b12-8-,13-9+. The Balaban J connectivity index is 3.29. The maximum Gasteiger partial charge on any atom is 0.0119 e. The van der Waals surface area contributed by atoms with Crippen molar-refractivity contribution < 1.29 is 0 Å². The Morgan fingerprint density at radius 2 is 1.75 bits per heavy atom. The first-order valence-corrected chi connectivity index (χ1v) is 5.56. The summed E-state index contributed by atoms with van der Waals surface area (Å²) < 4.78 is 0. The van der Waals surface area contributed by atoms with Gasteiger partial charge >= 0.3 is 0 Å². The molecule has 0 saturated heterocycles. The fourth-order valence-electron chi connectivity index (χ4n) is 1.52. The summed E-state index contributed by atoms with van der Waals surface area (Å²) in [5.74, 6) is 0. The van der Waals surface area contributed by atoms with Gasteiger partial charge in [-0.25, -0.2) is 0 Å². The summed E-state index contributed by atoms with van der Waals surface area (Å²) in [6, 6.07) is 8.02. The van der Waals surface area contributed by atoms with Crippen molar-refractivity contribution in [2.24, 2.45) is 0 Å². The summed E-state index contributed by atoms with van der Waals surface area (Å²) in [7, 11) is 0. The van der Waals surface area contributed by atoms with E-state index in [1.165, 1.54) is 0 Å². The van der Waals surface area contributed by atoms with E-state index in [0.29, 0.717) is 0 Å². The minimum Gasteiger partial charge on any atom is -0.143 e. The molecule has 16 heavy (non-hydrogen) atoms. The van der Waals surface area contributed by atoms with E-state index in [-0.39, 0.29) is 0 Å². The van der Waals surface area contributed by atoms with Crippen LogP contribution in [0.2, 0.25) is 0 Å². The van der Waals surface area contributed by atoms with E-state index < -0.39 is 0 Å². The highest BCUT2D eigenvalue weighted by Gasteiger charge is 2.05. The van der Waals surface area contributed by atoms with Crippen molar-refractivity contribution in [2.45, 2.75) is 11.8 Å². The summed E-state index contributed by atoms with van der Waals surface area (Å²) in [6.07, 6.45) is 7.54. The molecular formula is C15H16S. The van der Waals surface area contributed by atoms with E-state index in [9.17, 15) is 0 Å². The Morgan fingerprint density at radius 1 is 1.12 bits per heavy atom. The molecule has 0 radical (unpaired) electrons. The average molecular weight is 228 g/mol. The number of benzene rings is 1. The largest absolute Gasteiger partial charge is 0.143 e. The van der Waals surface area contributed by atoms with Gasteiger partial charge in [0.25, 0.3) is 0 Å². The van der Waals surface area contributed by atoms with Crippen molar-refractivity contribution in [1.82, 2.24) is 0 Å². The molecule has 1 aromatic carbocycles. The maximum atomic E-state index is 4.46. The second kappa shape index (κ2) is 6.19. The summed E-state index contributed by atoms with van der Waals surface area (Å²) in [6.45, 7) is 9.51. The number of rotatable bonds is 4. The number of thiol groups is 1. The highest BCUT2D eigenvalue weighted by molar-refractivity contribution is 7.80. The van der Waals surface area contributed by atoms with Crippen molar-refractivity contribution in [2.75, 3.05) is 0 Å². The molecule has 1 rings (SSSR count). The molecule has 0 nitrogen and oxygen atoms in total. The predicted octanol–water partition coefficient (Wildman–Crippen LogP) is 4.68. The Morgan fingerprint density at radius 3 is 2.31 bits per heavy atom. The first kappa shape index (κ1) is 12.6. The van der Waals surface area contributed by atoms with Gasteiger partial charge in [-0.3, -0.25) is 0 Å². The van der Waals surface area contributed by atoms with E-state index in [0.717, 1.165) is 21.6 Å². The topological polar surface area (TPSA) is 0 Å². The average Bonchev–Trinajstić information content (AvgIpc) is 2.27. The molecule has 82 valence electrons. The van der Waals surface area contributed by atoms with Gasteiger partial charge in [0.2, 0.25) is 0 Å². The molecule has 0 bridgehead atoms. The van der Waals surface area contributed by atoms with E-state index >= 15 is 0 Å². The molecule has 0 atom stereocenters. The van der Waals surface area contributed by atoms with Crippen molar-refractivity contribution in [3.05, 3.63) is 72.9 Å². The van der Waals surface area contributed by atoms with Crippen LogP contribution in [0.15, 0.2) is 72.2 Å². The van der Waals surface area contributed by atoms with Crippen LogP contribution in [0.3, 0.4) is 0 Å². The fourth-order valence-corrected chi connectivity index (χ4v) is 1.80. The van der Waals surface area contributed by atoms with Crippen LogP contribution in [0.1, 0.15) is 12.5 Å². The van der Waals surface area contributed by atoms with Gasteiger partial charge < -0.3 is 0 Å². The van der Waals surface area contributed by atoms with Gasteiger partial charge in [-0.2, -0.15) is 0 Å². The molecule has 0 amide bonds. The van der Waals surface area contributed by atoms with Gasteiger partial charge in [-0.1, -0.05) is 55.7 Å². The van der Waals surface area contributed by atoms with Crippen molar-refractivity contribution in [3.63, 3.8) is 0 Å². The third kappa shape index (κ3) is 3.01. The molecule has 0 aliphatic rings. The summed E-state index contributed by atoms with van der Waals surface area (Å²) in [5.41, 5.74) is 3.39. The van der Waals surface area contributed by atoms with Crippen molar-refractivity contribution in [1.29, 1.82) is 0 Å². The first-order valence-electron chi connectivity index (χ1n) is 5.11. The van der Waals surface area contributed by atoms with Crippen LogP contribution >= 0.6 is 12.6 Å². The molecule has 0 fully saturated rings. The smallest absolute Gasteiger partial charge is 0.0119 e. The molecule has 0 heterocycles. The highest BCUT2D eigenvalue weighted by Crippen LogP contribution is 2.28. The lowest BCUT2D eigenvalue weighted by molar-refractivity contribution is 1.38. The molecular weight excluding hydrogens is 212 g/mol. The molecule has 0 unspecified atom stereocenters. The highest BCUT2D eigenvalue weighted by atomic mass is 32.1. The minimum absolute atomic E-state index is 0.965. The third-order valence-electron chi connectivity index (χ3n) is 2.27. The van der Waals surface area contributed by atoms with Crippen LogP contribution in [-0.4, -0.2) is 0 Å². The second-order valence-corrected chi connectivity index (χ2v) is 3.90. The zero-order valence-corrected chi connectivity index (χ0v) is 10.4. The SMILES string of the molecule is C=C/C=C(C)\C(=C/C=C)c1ccccc1S. The normalized spacial score (nSPS) is 12.4. The van der Waals surface area contributed by atoms with Gasteiger partial charge in [0.15, 0.2) is 0 Å². The summed E-state index contributed by atoms with van der Waals surface area (Å²) in [5, 5.41) is 0. The van der Waals surface area contributed by atoms with Gasteiger partial charge in [0.05, 0.1) is 0 Å². The summed E-state index contributed by atoms with van der Waals surface area (Å²) in [4.78, 5) is 0.965. The Hall–Kier alpha value is -1.47. The summed E-state index contributed by atoms with van der Waals surface area (Å²) >= 11 is 4.46. The predicted molar refractivity (Wildman–Crippen MR) is 75.8 cm³/mol. The van der Waals surface area contributed by atoms with Crippen molar-refractivity contribution in [3.8, 4) is 0 Å². The Bertz CT molecular complexity index is 450. The van der Waals surface area contributed by atoms with E-state index in [4.69, 9.17) is 0 Å². The lowest BCUT2D eigenvalue weighted by Gasteiger charge is -2.10. The molecule has 0 aromatic heterocycles. The monoisotopic (exact) mass is 228 g/mol. The quantitative estimate of drug-likeness (QED) is 0.561. The van der Waals surface area contributed by atoms with E-state index in [1.54, 1.807) is 12.2 Å². The lowest BCUT2D eigenvalue weighted by Crippen LogP contribution is -1.88. The maximum absolute atomic E-state index is 4.46. The zero-order chi connectivity index (χ0) is 12.0. The third-order valence-corrected chi connectivity index (χ3v) is 2.66. The number of hydrogen-bond donors (Lipinski definition) is 1. The zero-order valence-electron chi connectivity index (χ0n) is 9.48. The molecule has 1 aromatic rings. The minimum atomic E-state index is 0.965. The molecule has 0 aliphatic carbocycles. The van der Waals surface area contributed by atoms with E-state index in [1.807, 2.05) is 30.4 Å². The van der Waals surface area contributed by atoms with Crippen molar-refractivity contribution >= 4 is 18.2 Å². The van der Waals surface area contributed by atoms with E-state index in [2.05, 4.69) is 38.8 Å². The van der Waals surface area contributed by atoms with Crippen LogP contribution in [-0.2, 0) is 0 Å². The molecule has 1 heteroatoms. The van der Waals surface area contributed by atoms with Crippen LogP contribution in [0.25, 0.3) is 5.57 Å². The lowest BCUT2D eigenvalue weighted by atomic mass is 9.98. The molecule has 0 aliphatic heterocycles. The Kier molecular flexibility index (Phi) is 4.87. The van der Waals surface area contributed by atoms with Crippen LogP contribution in [0, 0.1) is 0 Å². The number of allylic oxidation sites excluding steroid dienone is 6. The fraction of sp³-hybridized carbons (Fsp3) is 0.0667. The first-order chi connectivity index (χ1) is 7.70. The van der Waals surface area contributed by atoms with Gasteiger partial charge in [-0.15, -0.1) is 12.6 Å². The van der Waals surface area contributed by atoms with Crippen LogP contribution < -0.4 is 0 Å².